The Morgan fingerprint density at radius 2 is 2.10 bits per heavy atom. The fourth-order valence-electron chi connectivity index (χ4n) is 1.96. The van der Waals surface area contributed by atoms with Crippen LogP contribution in [0.25, 0.3) is 0 Å². The van der Waals surface area contributed by atoms with Gasteiger partial charge in [-0.25, -0.2) is 12.7 Å². The zero-order chi connectivity index (χ0) is 14.9. The molecule has 0 atom stereocenters. The zero-order valence-corrected chi connectivity index (χ0v) is 11.5. The molecule has 108 valence electrons. The van der Waals surface area contributed by atoms with Crippen LogP contribution in [-0.2, 0) is 10.0 Å². The number of amides is 1. The van der Waals surface area contributed by atoms with Crippen LogP contribution in [0.2, 0.25) is 0 Å². The van der Waals surface area contributed by atoms with Crippen LogP contribution in [0, 0.1) is 10.1 Å². The molecule has 1 aromatic rings. The van der Waals surface area contributed by atoms with Crippen LogP contribution in [0.5, 0.6) is 0 Å². The fraction of sp³-hybridized carbons (Fsp3) is 0.364. The van der Waals surface area contributed by atoms with Crippen molar-refractivity contribution < 1.29 is 18.1 Å². The maximum atomic E-state index is 12.2. The van der Waals surface area contributed by atoms with Crippen molar-refractivity contribution >= 4 is 21.6 Å². The van der Waals surface area contributed by atoms with Crippen molar-refractivity contribution in [2.75, 3.05) is 19.6 Å². The molecule has 8 nitrogen and oxygen atoms in total. The molecule has 1 heterocycles. The van der Waals surface area contributed by atoms with Crippen LogP contribution >= 0.6 is 0 Å². The van der Waals surface area contributed by atoms with Crippen LogP contribution in [0.15, 0.2) is 23.1 Å². The molecule has 0 fully saturated rings. The van der Waals surface area contributed by atoms with Gasteiger partial charge in [0.1, 0.15) is 4.90 Å². The maximum Gasteiger partial charge on any atom is 0.270 e. The highest BCUT2D eigenvalue weighted by Gasteiger charge is 2.41. The Hall–Kier alpha value is -2.00. The molecule has 0 saturated heterocycles. The number of nitrogens with one attached hydrogen (secondary N) is 1. The van der Waals surface area contributed by atoms with Gasteiger partial charge in [0.2, 0.25) is 0 Å². The minimum atomic E-state index is -3.90. The fourth-order valence-corrected chi connectivity index (χ4v) is 3.51. The molecule has 0 spiro atoms. The van der Waals surface area contributed by atoms with E-state index >= 15 is 0 Å². The van der Waals surface area contributed by atoms with E-state index in [0.29, 0.717) is 13.1 Å². The van der Waals surface area contributed by atoms with Gasteiger partial charge in [-0.3, -0.25) is 14.9 Å². The predicted molar refractivity (Wildman–Crippen MR) is 69.9 cm³/mol. The summed E-state index contributed by atoms with van der Waals surface area (Å²) in [5.41, 5.74) is -0.448. The summed E-state index contributed by atoms with van der Waals surface area (Å²) in [7, 11) is -3.90. The number of hydrogen-bond acceptors (Lipinski definition) is 6. The molecule has 0 bridgehead atoms. The minimum Gasteiger partial charge on any atom is -0.315 e. The minimum absolute atomic E-state index is 0.00250. The molecular formula is C11H13N3O5S. The van der Waals surface area contributed by atoms with E-state index in [2.05, 4.69) is 5.32 Å². The van der Waals surface area contributed by atoms with Crippen molar-refractivity contribution in [2.45, 2.75) is 11.8 Å². The van der Waals surface area contributed by atoms with Gasteiger partial charge in [-0.2, -0.15) is 0 Å². The standard InChI is InChI=1S/C11H13N3O5S/c1-2-12-5-6-13-11(15)9-7-8(14(16)17)3-4-10(9)20(13,18)19/h3-4,7,12H,2,5-6H2,1H3. The number of carbonyl (C=O) groups excluding carboxylic acids is 1. The number of benzene rings is 1. The van der Waals surface area contributed by atoms with Crippen molar-refractivity contribution in [3.63, 3.8) is 0 Å². The van der Waals surface area contributed by atoms with E-state index in [0.717, 1.165) is 22.5 Å². The van der Waals surface area contributed by atoms with Crippen molar-refractivity contribution in [3.05, 3.63) is 33.9 Å². The van der Waals surface area contributed by atoms with E-state index in [4.69, 9.17) is 0 Å². The average Bonchev–Trinajstić information content (AvgIpc) is 2.59. The van der Waals surface area contributed by atoms with Crippen LogP contribution in [0.1, 0.15) is 17.3 Å². The van der Waals surface area contributed by atoms with Gasteiger partial charge >= 0.3 is 0 Å². The maximum absolute atomic E-state index is 12.2. The Bertz CT molecular complexity index is 671. The van der Waals surface area contributed by atoms with Gasteiger partial charge in [-0.05, 0) is 12.6 Å². The third kappa shape index (κ3) is 2.25. The van der Waals surface area contributed by atoms with E-state index in [1.807, 2.05) is 6.92 Å². The molecule has 1 aliphatic rings. The van der Waals surface area contributed by atoms with Gasteiger partial charge in [0, 0.05) is 18.7 Å². The first kappa shape index (κ1) is 14.4. The van der Waals surface area contributed by atoms with Gasteiger partial charge in [0.25, 0.3) is 21.6 Å². The summed E-state index contributed by atoms with van der Waals surface area (Å²) < 4.78 is 25.1. The van der Waals surface area contributed by atoms with Crippen molar-refractivity contribution in [3.8, 4) is 0 Å². The Labute approximate surface area is 115 Å². The summed E-state index contributed by atoms with van der Waals surface area (Å²) in [5.74, 6) is -0.721. The number of non-ortho nitro benzene ring substituents is 1. The monoisotopic (exact) mass is 299 g/mol. The number of likely N-dealkylation sites (N-methyl/N-ethyl adjacent to an activating group) is 1. The number of sulfonamides is 1. The van der Waals surface area contributed by atoms with Gasteiger partial charge in [0.15, 0.2) is 0 Å². The Morgan fingerprint density at radius 1 is 1.40 bits per heavy atom. The first-order chi connectivity index (χ1) is 9.39. The lowest BCUT2D eigenvalue weighted by Gasteiger charge is -2.14. The van der Waals surface area contributed by atoms with Gasteiger partial charge in [-0.15, -0.1) is 0 Å². The van der Waals surface area contributed by atoms with Gasteiger partial charge in [0.05, 0.1) is 17.0 Å². The number of nitro benzene ring substituents is 1. The summed E-state index contributed by atoms with van der Waals surface area (Å²) in [5, 5.41) is 13.6. The number of carbonyl (C=O) groups is 1. The van der Waals surface area contributed by atoms with Crippen LogP contribution < -0.4 is 5.32 Å². The molecule has 9 heteroatoms. The first-order valence-electron chi connectivity index (χ1n) is 5.95. The average molecular weight is 299 g/mol. The summed E-state index contributed by atoms with van der Waals surface area (Å²) in [6.45, 7) is 2.84. The number of fused-ring (bicyclic) bond motifs is 1. The lowest BCUT2D eigenvalue weighted by atomic mass is 10.2. The zero-order valence-electron chi connectivity index (χ0n) is 10.7. The highest BCUT2D eigenvalue weighted by atomic mass is 32.2. The molecule has 0 aliphatic carbocycles. The van der Waals surface area contributed by atoms with Crippen molar-refractivity contribution in [2.24, 2.45) is 0 Å². The summed E-state index contributed by atoms with van der Waals surface area (Å²) in [6.07, 6.45) is 0. The summed E-state index contributed by atoms with van der Waals surface area (Å²) >= 11 is 0. The highest BCUT2D eigenvalue weighted by molar-refractivity contribution is 7.90. The van der Waals surface area contributed by atoms with Gasteiger partial charge < -0.3 is 5.32 Å². The number of rotatable bonds is 5. The lowest BCUT2D eigenvalue weighted by molar-refractivity contribution is -0.384. The molecule has 1 amide bonds. The quantitative estimate of drug-likeness (QED) is 0.477. The van der Waals surface area contributed by atoms with E-state index in [1.54, 1.807) is 0 Å². The summed E-state index contributed by atoms with van der Waals surface area (Å²) in [6, 6.07) is 3.19. The molecule has 20 heavy (non-hydrogen) atoms. The third-order valence-corrected chi connectivity index (χ3v) is 4.78. The molecule has 2 rings (SSSR count). The number of hydrogen-bond donors (Lipinski definition) is 1. The highest BCUT2D eigenvalue weighted by Crippen LogP contribution is 2.32. The molecular weight excluding hydrogens is 286 g/mol. The SMILES string of the molecule is CCNCCN1C(=O)c2cc([N+](=O)[O-])ccc2S1(=O)=O. The molecule has 0 saturated carbocycles. The van der Waals surface area contributed by atoms with E-state index < -0.39 is 20.9 Å². The molecule has 0 aromatic heterocycles. The van der Waals surface area contributed by atoms with Gasteiger partial charge in [-0.1, -0.05) is 6.92 Å². The smallest absolute Gasteiger partial charge is 0.270 e. The Morgan fingerprint density at radius 3 is 2.70 bits per heavy atom. The van der Waals surface area contributed by atoms with E-state index in [9.17, 15) is 23.3 Å². The second-order valence-corrected chi connectivity index (χ2v) is 6.00. The van der Waals surface area contributed by atoms with Crippen LogP contribution in [-0.4, -0.2) is 43.2 Å². The third-order valence-electron chi connectivity index (χ3n) is 2.94. The van der Waals surface area contributed by atoms with E-state index in [-0.39, 0.29) is 22.7 Å². The number of nitro groups is 1. The first-order valence-corrected chi connectivity index (χ1v) is 7.40. The second-order valence-electron chi connectivity index (χ2n) is 4.17. The largest absolute Gasteiger partial charge is 0.315 e. The van der Waals surface area contributed by atoms with Crippen molar-refractivity contribution in [1.29, 1.82) is 0 Å². The van der Waals surface area contributed by atoms with Crippen molar-refractivity contribution in [1.82, 2.24) is 9.62 Å². The molecule has 0 unspecified atom stereocenters. The predicted octanol–water partition coefficient (Wildman–Crippen LogP) is 0.349. The molecule has 1 aliphatic heterocycles. The van der Waals surface area contributed by atoms with Crippen LogP contribution in [0.3, 0.4) is 0 Å². The Kier molecular flexibility index (Phi) is 3.73. The summed E-state index contributed by atoms with van der Waals surface area (Å²) in [4.78, 5) is 21.9. The Balaban J connectivity index is 2.39. The number of nitrogens with zero attached hydrogens (tertiary/aromatic N) is 2. The lowest BCUT2D eigenvalue weighted by Crippen LogP contribution is -2.36. The van der Waals surface area contributed by atoms with Crippen LogP contribution in [0.4, 0.5) is 5.69 Å². The second kappa shape index (κ2) is 5.17. The molecule has 1 aromatic carbocycles. The molecule has 0 radical (unpaired) electrons. The topological polar surface area (TPSA) is 110 Å². The normalized spacial score (nSPS) is 16.2. The molecule has 1 N–H and O–H groups in total. The van der Waals surface area contributed by atoms with E-state index in [1.165, 1.54) is 0 Å².